The summed E-state index contributed by atoms with van der Waals surface area (Å²) < 4.78 is 29.1. The number of carbonyl (C=O) groups is 3. The summed E-state index contributed by atoms with van der Waals surface area (Å²) in [6.07, 6.45) is -4.08. The third kappa shape index (κ3) is 7.22. The van der Waals surface area contributed by atoms with Crippen molar-refractivity contribution in [2.45, 2.75) is 43.4 Å². The van der Waals surface area contributed by atoms with Gasteiger partial charge in [0.15, 0.2) is 12.2 Å². The summed E-state index contributed by atoms with van der Waals surface area (Å²) in [5.41, 5.74) is 0.470. The molecule has 38 heavy (non-hydrogen) atoms. The Balaban J connectivity index is 1.65. The first-order valence-corrected chi connectivity index (χ1v) is 12.6. The van der Waals surface area contributed by atoms with E-state index >= 15 is 0 Å². The molecule has 8 nitrogen and oxygen atoms in total. The number of hydrogen-bond acceptors (Lipinski definition) is 9. The molecule has 0 saturated carbocycles. The summed E-state index contributed by atoms with van der Waals surface area (Å²) in [6, 6.07) is 26.2. The van der Waals surface area contributed by atoms with Crippen molar-refractivity contribution in [1.29, 1.82) is 0 Å². The van der Waals surface area contributed by atoms with E-state index in [9.17, 15) is 14.4 Å². The Morgan fingerprint density at radius 3 is 1.76 bits per heavy atom. The van der Waals surface area contributed by atoms with Crippen LogP contribution in [0.5, 0.6) is 0 Å². The van der Waals surface area contributed by atoms with E-state index in [1.807, 2.05) is 30.3 Å². The molecule has 0 unspecified atom stereocenters. The standard InChI is InChI=1S/C29H28O8S/c1-19(30)33-18-23-24(34-17-20-11-5-2-6-12-20)25(36-27(31)21-13-7-3-8-14-21)26(29(38)35-23)37-28(32)22-15-9-4-10-16-22/h2-16,23-26,29,38H,17-18H2,1H3/t23-,24-,25+,26-,29+/m1/s1. The van der Waals surface area contributed by atoms with Crippen molar-refractivity contribution in [3.05, 3.63) is 108 Å². The Kier molecular flexibility index (Phi) is 9.53. The van der Waals surface area contributed by atoms with Gasteiger partial charge < -0.3 is 23.7 Å². The Morgan fingerprint density at radius 1 is 0.737 bits per heavy atom. The lowest BCUT2D eigenvalue weighted by atomic mass is 9.98. The maximum absolute atomic E-state index is 13.1. The second kappa shape index (κ2) is 13.2. The van der Waals surface area contributed by atoms with E-state index in [0.717, 1.165) is 5.56 Å². The van der Waals surface area contributed by atoms with Crippen molar-refractivity contribution in [2.75, 3.05) is 6.61 Å². The molecule has 0 bridgehead atoms. The molecule has 1 aliphatic rings. The highest BCUT2D eigenvalue weighted by Gasteiger charge is 2.50. The van der Waals surface area contributed by atoms with E-state index in [0.29, 0.717) is 11.1 Å². The molecule has 0 N–H and O–H groups in total. The van der Waals surface area contributed by atoms with Gasteiger partial charge in [-0.15, -0.1) is 12.6 Å². The van der Waals surface area contributed by atoms with Gasteiger partial charge in [0.25, 0.3) is 0 Å². The van der Waals surface area contributed by atoms with Gasteiger partial charge in [0.05, 0.1) is 17.7 Å². The second-order valence-corrected chi connectivity index (χ2v) is 9.11. The van der Waals surface area contributed by atoms with Gasteiger partial charge in [-0.1, -0.05) is 66.7 Å². The zero-order valence-corrected chi connectivity index (χ0v) is 21.6. The van der Waals surface area contributed by atoms with Crippen LogP contribution in [0, 0.1) is 0 Å². The monoisotopic (exact) mass is 536 g/mol. The van der Waals surface area contributed by atoms with Crippen LogP contribution in [0.3, 0.4) is 0 Å². The third-order valence-electron chi connectivity index (χ3n) is 5.85. The maximum atomic E-state index is 13.1. The summed E-state index contributed by atoms with van der Waals surface area (Å²) >= 11 is 4.51. The topological polar surface area (TPSA) is 97.4 Å². The van der Waals surface area contributed by atoms with E-state index < -0.39 is 47.8 Å². The van der Waals surface area contributed by atoms with Crippen LogP contribution in [0.15, 0.2) is 91.0 Å². The van der Waals surface area contributed by atoms with Crippen LogP contribution in [-0.2, 0) is 35.1 Å². The van der Waals surface area contributed by atoms with Gasteiger partial charge in [0.1, 0.15) is 24.3 Å². The Labute approximate surface area is 226 Å². The van der Waals surface area contributed by atoms with E-state index in [1.54, 1.807) is 60.7 Å². The van der Waals surface area contributed by atoms with Gasteiger partial charge in [-0.05, 0) is 29.8 Å². The zero-order chi connectivity index (χ0) is 26.9. The summed E-state index contributed by atoms with van der Waals surface area (Å²) in [6.45, 7) is 1.24. The predicted octanol–water partition coefficient (Wildman–Crippen LogP) is 4.24. The van der Waals surface area contributed by atoms with Crippen molar-refractivity contribution < 1.29 is 38.1 Å². The maximum Gasteiger partial charge on any atom is 0.338 e. The molecule has 0 radical (unpaired) electrons. The minimum Gasteiger partial charge on any atom is -0.463 e. The molecular formula is C29H28O8S. The normalized spacial score (nSPS) is 22.7. The molecule has 0 aromatic heterocycles. The quantitative estimate of drug-likeness (QED) is 0.246. The van der Waals surface area contributed by atoms with Crippen molar-refractivity contribution in [2.24, 2.45) is 0 Å². The van der Waals surface area contributed by atoms with Crippen molar-refractivity contribution in [3.63, 3.8) is 0 Å². The van der Waals surface area contributed by atoms with Crippen LogP contribution < -0.4 is 0 Å². The van der Waals surface area contributed by atoms with E-state index in [1.165, 1.54) is 6.92 Å². The molecule has 3 aromatic carbocycles. The number of rotatable bonds is 9. The Hall–Kier alpha value is -3.66. The van der Waals surface area contributed by atoms with Crippen LogP contribution in [0.4, 0.5) is 0 Å². The van der Waals surface area contributed by atoms with Gasteiger partial charge in [0, 0.05) is 6.92 Å². The van der Waals surface area contributed by atoms with Crippen LogP contribution in [0.2, 0.25) is 0 Å². The largest absolute Gasteiger partial charge is 0.463 e. The molecule has 1 aliphatic heterocycles. The molecule has 1 fully saturated rings. The van der Waals surface area contributed by atoms with Crippen LogP contribution in [0.1, 0.15) is 33.2 Å². The van der Waals surface area contributed by atoms with Crippen molar-refractivity contribution >= 4 is 30.5 Å². The van der Waals surface area contributed by atoms with E-state index in [-0.39, 0.29) is 13.2 Å². The highest BCUT2D eigenvalue weighted by molar-refractivity contribution is 7.80. The molecule has 4 rings (SSSR count). The first-order valence-electron chi connectivity index (χ1n) is 12.1. The highest BCUT2D eigenvalue weighted by Crippen LogP contribution is 2.32. The average Bonchev–Trinajstić information content (AvgIpc) is 2.94. The first kappa shape index (κ1) is 27.4. The molecule has 1 heterocycles. The fraction of sp³-hybridized carbons (Fsp3) is 0.276. The third-order valence-corrected chi connectivity index (χ3v) is 6.27. The molecule has 3 aromatic rings. The molecule has 0 amide bonds. The minimum absolute atomic E-state index is 0.140. The zero-order valence-electron chi connectivity index (χ0n) is 20.7. The van der Waals surface area contributed by atoms with Crippen LogP contribution in [-0.4, -0.2) is 54.4 Å². The number of hydrogen-bond donors (Lipinski definition) is 1. The van der Waals surface area contributed by atoms with E-state index in [2.05, 4.69) is 12.6 Å². The molecular weight excluding hydrogens is 508 g/mol. The Bertz CT molecular complexity index is 1210. The summed E-state index contributed by atoms with van der Waals surface area (Å²) in [5, 5.41) is 0. The number of ether oxygens (including phenoxy) is 5. The van der Waals surface area contributed by atoms with Gasteiger partial charge in [-0.25, -0.2) is 9.59 Å². The molecule has 0 aliphatic carbocycles. The molecule has 1 saturated heterocycles. The number of esters is 3. The molecule has 0 spiro atoms. The van der Waals surface area contributed by atoms with E-state index in [4.69, 9.17) is 23.7 Å². The Morgan fingerprint density at radius 2 is 1.24 bits per heavy atom. The highest BCUT2D eigenvalue weighted by atomic mass is 32.1. The van der Waals surface area contributed by atoms with Crippen LogP contribution >= 0.6 is 12.6 Å². The second-order valence-electron chi connectivity index (χ2n) is 8.60. The summed E-state index contributed by atoms with van der Waals surface area (Å²) in [7, 11) is 0. The number of thiol groups is 1. The summed E-state index contributed by atoms with van der Waals surface area (Å²) in [4.78, 5) is 37.7. The van der Waals surface area contributed by atoms with Gasteiger partial charge >= 0.3 is 17.9 Å². The minimum atomic E-state index is -1.13. The fourth-order valence-corrected chi connectivity index (χ4v) is 4.38. The fourth-order valence-electron chi connectivity index (χ4n) is 3.99. The first-order chi connectivity index (χ1) is 18.4. The molecule has 198 valence electrons. The van der Waals surface area contributed by atoms with Crippen LogP contribution in [0.25, 0.3) is 0 Å². The predicted molar refractivity (Wildman–Crippen MR) is 141 cm³/mol. The van der Waals surface area contributed by atoms with Gasteiger partial charge in [-0.3, -0.25) is 4.79 Å². The number of carbonyl (C=O) groups excluding carboxylic acids is 3. The number of benzene rings is 3. The molecule has 9 heteroatoms. The lowest BCUT2D eigenvalue weighted by Crippen LogP contribution is -2.60. The SMILES string of the molecule is CC(=O)OC[C@H]1O[C@@H](S)[C@H](OC(=O)c2ccccc2)[C@@H](OC(=O)c2ccccc2)[C@@H]1OCc1ccccc1. The average molecular weight is 537 g/mol. The lowest BCUT2D eigenvalue weighted by Gasteiger charge is -2.43. The van der Waals surface area contributed by atoms with Crippen molar-refractivity contribution in [3.8, 4) is 0 Å². The lowest BCUT2D eigenvalue weighted by molar-refractivity contribution is -0.226. The van der Waals surface area contributed by atoms with Gasteiger partial charge in [-0.2, -0.15) is 0 Å². The van der Waals surface area contributed by atoms with Crippen molar-refractivity contribution in [1.82, 2.24) is 0 Å². The van der Waals surface area contributed by atoms with Gasteiger partial charge in [0.2, 0.25) is 0 Å². The molecule has 5 atom stereocenters. The summed E-state index contributed by atoms with van der Waals surface area (Å²) in [5.74, 6) is -1.79. The smallest absolute Gasteiger partial charge is 0.338 e.